The highest BCUT2D eigenvalue weighted by molar-refractivity contribution is 5.72. The van der Waals surface area contributed by atoms with Crippen molar-refractivity contribution in [2.45, 2.75) is 32.2 Å². The molecule has 0 aromatic heterocycles. The van der Waals surface area contributed by atoms with E-state index in [4.69, 9.17) is 5.11 Å². The maximum atomic E-state index is 10.9. The highest BCUT2D eigenvalue weighted by atomic mass is 16.4. The van der Waals surface area contributed by atoms with Gasteiger partial charge in [0.1, 0.15) is 6.04 Å². The standard InChI is InChI=1S/C11H19NO3/c1-8(10(14)15)12-5-9(6-13)11(7-12)3-2-4-11/h8-9,13H,2-7H2,1H3,(H,14,15)/t8-,9+/m0/s1. The number of hydrogen-bond acceptors (Lipinski definition) is 3. The molecule has 1 saturated carbocycles. The lowest BCUT2D eigenvalue weighted by Crippen LogP contribution is -2.41. The number of carboxylic acid groups (broad SMARTS) is 1. The molecule has 1 aliphatic heterocycles. The van der Waals surface area contributed by atoms with E-state index in [-0.39, 0.29) is 17.9 Å². The fourth-order valence-corrected chi connectivity index (χ4v) is 2.97. The SMILES string of the molecule is C[C@@H](C(=O)O)N1C[C@H](CO)C2(CCC2)C1. The van der Waals surface area contributed by atoms with Crippen LogP contribution in [0.4, 0.5) is 0 Å². The van der Waals surface area contributed by atoms with E-state index >= 15 is 0 Å². The second-order valence-corrected chi connectivity index (χ2v) is 5.04. The molecule has 1 aliphatic carbocycles. The number of carbonyl (C=O) groups is 1. The summed E-state index contributed by atoms with van der Waals surface area (Å²) in [5.41, 5.74) is 0.235. The van der Waals surface area contributed by atoms with Crippen LogP contribution in [-0.4, -0.2) is 46.8 Å². The highest BCUT2D eigenvalue weighted by Gasteiger charge is 2.51. The minimum atomic E-state index is -0.761. The number of aliphatic carboxylic acids is 1. The molecule has 2 atom stereocenters. The number of carboxylic acids is 1. The van der Waals surface area contributed by atoms with Gasteiger partial charge in [-0.25, -0.2) is 0 Å². The van der Waals surface area contributed by atoms with Crippen molar-refractivity contribution in [3.8, 4) is 0 Å². The van der Waals surface area contributed by atoms with E-state index in [1.807, 2.05) is 4.90 Å². The van der Waals surface area contributed by atoms with E-state index in [0.717, 1.165) is 25.9 Å². The maximum Gasteiger partial charge on any atom is 0.320 e. The predicted molar refractivity (Wildman–Crippen MR) is 55.5 cm³/mol. The summed E-state index contributed by atoms with van der Waals surface area (Å²) < 4.78 is 0. The van der Waals surface area contributed by atoms with Gasteiger partial charge in [0, 0.05) is 25.6 Å². The Labute approximate surface area is 89.9 Å². The Morgan fingerprint density at radius 2 is 2.27 bits per heavy atom. The van der Waals surface area contributed by atoms with E-state index in [1.165, 1.54) is 6.42 Å². The number of likely N-dealkylation sites (tertiary alicyclic amines) is 1. The van der Waals surface area contributed by atoms with Crippen LogP contribution in [0.15, 0.2) is 0 Å². The molecule has 2 rings (SSSR count). The van der Waals surface area contributed by atoms with E-state index in [1.54, 1.807) is 6.92 Å². The summed E-state index contributed by atoms with van der Waals surface area (Å²) in [7, 11) is 0. The quantitative estimate of drug-likeness (QED) is 0.719. The van der Waals surface area contributed by atoms with Crippen LogP contribution in [0.5, 0.6) is 0 Å². The molecule has 0 aromatic carbocycles. The molecule has 0 unspecified atom stereocenters. The average Bonchev–Trinajstić information content (AvgIpc) is 2.55. The first kappa shape index (κ1) is 10.9. The van der Waals surface area contributed by atoms with Crippen molar-refractivity contribution in [2.75, 3.05) is 19.7 Å². The lowest BCUT2D eigenvalue weighted by Gasteiger charge is -2.42. The van der Waals surface area contributed by atoms with Crippen molar-refractivity contribution >= 4 is 5.97 Å². The normalized spacial score (nSPS) is 31.5. The van der Waals surface area contributed by atoms with Crippen LogP contribution in [0, 0.1) is 11.3 Å². The van der Waals surface area contributed by atoms with Gasteiger partial charge in [0.15, 0.2) is 0 Å². The highest BCUT2D eigenvalue weighted by Crippen LogP contribution is 2.51. The van der Waals surface area contributed by atoms with E-state index in [9.17, 15) is 9.90 Å². The molecule has 0 radical (unpaired) electrons. The maximum absolute atomic E-state index is 10.9. The van der Waals surface area contributed by atoms with Crippen LogP contribution in [-0.2, 0) is 4.79 Å². The fraction of sp³-hybridized carbons (Fsp3) is 0.909. The number of aliphatic hydroxyl groups is 1. The van der Waals surface area contributed by atoms with Gasteiger partial charge in [-0.05, 0) is 25.2 Å². The lowest BCUT2D eigenvalue weighted by atomic mass is 9.63. The number of nitrogens with zero attached hydrogens (tertiary/aromatic N) is 1. The number of hydrogen-bond donors (Lipinski definition) is 2. The zero-order valence-electron chi connectivity index (χ0n) is 9.15. The number of rotatable bonds is 3. The van der Waals surface area contributed by atoms with Crippen LogP contribution >= 0.6 is 0 Å². The first-order chi connectivity index (χ1) is 7.09. The molecule has 2 aliphatic rings. The Morgan fingerprint density at radius 3 is 2.60 bits per heavy atom. The molecule has 1 spiro atoms. The van der Waals surface area contributed by atoms with E-state index < -0.39 is 12.0 Å². The van der Waals surface area contributed by atoms with Crippen LogP contribution in [0.1, 0.15) is 26.2 Å². The van der Waals surface area contributed by atoms with Gasteiger partial charge in [-0.2, -0.15) is 0 Å². The summed E-state index contributed by atoms with van der Waals surface area (Å²) in [6.07, 6.45) is 3.54. The Morgan fingerprint density at radius 1 is 1.60 bits per heavy atom. The first-order valence-electron chi connectivity index (χ1n) is 5.67. The van der Waals surface area contributed by atoms with Gasteiger partial charge in [0.25, 0.3) is 0 Å². The molecule has 0 aromatic rings. The van der Waals surface area contributed by atoms with Gasteiger partial charge in [0.05, 0.1) is 0 Å². The largest absolute Gasteiger partial charge is 0.480 e. The summed E-state index contributed by atoms with van der Waals surface area (Å²) in [4.78, 5) is 12.9. The molecule has 2 N–H and O–H groups in total. The summed E-state index contributed by atoms with van der Waals surface area (Å²) in [5.74, 6) is -0.476. The van der Waals surface area contributed by atoms with Gasteiger partial charge < -0.3 is 10.2 Å². The fourth-order valence-electron chi connectivity index (χ4n) is 2.97. The molecule has 0 amide bonds. The van der Waals surface area contributed by atoms with Gasteiger partial charge in [-0.3, -0.25) is 9.69 Å². The minimum Gasteiger partial charge on any atom is -0.480 e. The molecule has 0 bridgehead atoms. The smallest absolute Gasteiger partial charge is 0.320 e. The summed E-state index contributed by atoms with van der Waals surface area (Å²) in [6.45, 7) is 3.52. The molecule has 1 saturated heterocycles. The zero-order chi connectivity index (χ0) is 11.1. The minimum absolute atomic E-state index is 0.197. The molecule has 15 heavy (non-hydrogen) atoms. The third-order valence-corrected chi connectivity index (χ3v) is 4.31. The van der Waals surface area contributed by atoms with Crippen molar-refractivity contribution in [1.82, 2.24) is 4.90 Å². The van der Waals surface area contributed by atoms with Crippen LogP contribution in [0.2, 0.25) is 0 Å². The van der Waals surface area contributed by atoms with Crippen molar-refractivity contribution in [2.24, 2.45) is 11.3 Å². The lowest BCUT2D eigenvalue weighted by molar-refractivity contribution is -0.142. The molecule has 4 heteroatoms. The molecular formula is C11H19NO3. The molecule has 1 heterocycles. The van der Waals surface area contributed by atoms with Crippen molar-refractivity contribution < 1.29 is 15.0 Å². The second kappa shape index (κ2) is 3.76. The molecular weight excluding hydrogens is 194 g/mol. The van der Waals surface area contributed by atoms with Crippen LogP contribution in [0.3, 0.4) is 0 Å². The van der Waals surface area contributed by atoms with Gasteiger partial charge in [-0.15, -0.1) is 0 Å². The summed E-state index contributed by atoms with van der Waals surface area (Å²) >= 11 is 0. The number of aliphatic hydroxyl groups excluding tert-OH is 1. The van der Waals surface area contributed by atoms with Crippen molar-refractivity contribution in [3.63, 3.8) is 0 Å². The Kier molecular flexibility index (Phi) is 2.73. The molecule has 86 valence electrons. The van der Waals surface area contributed by atoms with Gasteiger partial charge >= 0.3 is 5.97 Å². The first-order valence-corrected chi connectivity index (χ1v) is 5.67. The Bertz CT molecular complexity index is 263. The predicted octanol–water partition coefficient (Wildman–Crippen LogP) is 0.554. The van der Waals surface area contributed by atoms with Gasteiger partial charge in [-0.1, -0.05) is 6.42 Å². The molecule has 4 nitrogen and oxygen atoms in total. The molecule has 2 fully saturated rings. The zero-order valence-corrected chi connectivity index (χ0v) is 9.15. The monoisotopic (exact) mass is 213 g/mol. The summed E-state index contributed by atoms with van der Waals surface area (Å²) in [5, 5.41) is 18.3. The third-order valence-electron chi connectivity index (χ3n) is 4.31. The van der Waals surface area contributed by atoms with Crippen molar-refractivity contribution in [1.29, 1.82) is 0 Å². The Balaban J connectivity index is 2.05. The Hall–Kier alpha value is -0.610. The van der Waals surface area contributed by atoms with E-state index in [2.05, 4.69) is 0 Å². The van der Waals surface area contributed by atoms with Crippen LogP contribution < -0.4 is 0 Å². The van der Waals surface area contributed by atoms with Crippen molar-refractivity contribution in [3.05, 3.63) is 0 Å². The average molecular weight is 213 g/mol. The second-order valence-electron chi connectivity index (χ2n) is 5.04. The third kappa shape index (κ3) is 1.66. The van der Waals surface area contributed by atoms with Gasteiger partial charge in [0.2, 0.25) is 0 Å². The topological polar surface area (TPSA) is 60.8 Å². The summed E-state index contributed by atoms with van der Waals surface area (Å²) in [6, 6.07) is -0.418. The van der Waals surface area contributed by atoms with E-state index in [0.29, 0.717) is 0 Å². The van der Waals surface area contributed by atoms with Crippen LogP contribution in [0.25, 0.3) is 0 Å².